The van der Waals surface area contributed by atoms with Crippen LogP contribution in [0.2, 0.25) is 5.02 Å². The molecule has 0 aliphatic carbocycles. The molecule has 0 amide bonds. The highest BCUT2D eigenvalue weighted by molar-refractivity contribution is 6.30. The molecular weight excluding hydrogens is 386 g/mol. The van der Waals surface area contributed by atoms with Crippen molar-refractivity contribution in [2.24, 2.45) is 4.99 Å². The van der Waals surface area contributed by atoms with Gasteiger partial charge in [0.25, 0.3) is 0 Å². The fourth-order valence-corrected chi connectivity index (χ4v) is 3.36. The van der Waals surface area contributed by atoms with Crippen LogP contribution in [0.25, 0.3) is 0 Å². The number of nitrogens with one attached hydrogen (secondary N) is 2. The summed E-state index contributed by atoms with van der Waals surface area (Å²) in [5, 5.41) is 7.52. The summed E-state index contributed by atoms with van der Waals surface area (Å²) < 4.78 is 11.4. The first-order valence-electron chi connectivity index (χ1n) is 10.1. The quantitative estimate of drug-likeness (QED) is 0.517. The Morgan fingerprint density at radius 3 is 2.41 bits per heavy atom. The molecule has 1 saturated heterocycles. The van der Waals surface area contributed by atoms with Crippen LogP contribution in [0, 0.1) is 0 Å². The van der Waals surface area contributed by atoms with Gasteiger partial charge < -0.3 is 20.1 Å². The van der Waals surface area contributed by atoms with E-state index >= 15 is 0 Å². The van der Waals surface area contributed by atoms with Crippen LogP contribution < -0.4 is 10.6 Å². The van der Waals surface area contributed by atoms with E-state index < -0.39 is 0 Å². The van der Waals surface area contributed by atoms with E-state index in [1.165, 1.54) is 11.1 Å². The van der Waals surface area contributed by atoms with Gasteiger partial charge in [-0.3, -0.25) is 4.99 Å². The second kappa shape index (κ2) is 11.2. The van der Waals surface area contributed by atoms with Crippen molar-refractivity contribution in [3.63, 3.8) is 0 Å². The normalized spacial score (nSPS) is 16.4. The predicted molar refractivity (Wildman–Crippen MR) is 118 cm³/mol. The number of rotatable bonds is 7. The van der Waals surface area contributed by atoms with Crippen molar-refractivity contribution in [3.05, 3.63) is 70.2 Å². The summed E-state index contributed by atoms with van der Waals surface area (Å²) in [6.07, 6.45) is 2.30. The molecule has 1 aliphatic rings. The number of aliphatic imine (C=N–C) groups is 1. The minimum atomic E-state index is 0.128. The van der Waals surface area contributed by atoms with Crippen LogP contribution in [-0.4, -0.2) is 32.3 Å². The molecule has 0 saturated carbocycles. The third kappa shape index (κ3) is 7.03. The molecule has 1 atom stereocenters. The van der Waals surface area contributed by atoms with Gasteiger partial charge in [-0.25, -0.2) is 0 Å². The zero-order valence-electron chi connectivity index (χ0n) is 17.2. The summed E-state index contributed by atoms with van der Waals surface area (Å²) >= 11 is 5.97. The Kier molecular flexibility index (Phi) is 8.35. The smallest absolute Gasteiger partial charge is 0.191 e. The highest BCUT2D eigenvalue weighted by atomic mass is 35.5. The first-order valence-corrected chi connectivity index (χ1v) is 10.5. The Morgan fingerprint density at radius 1 is 1.10 bits per heavy atom. The molecule has 2 aromatic rings. The number of nitrogens with zero attached hydrogens (tertiary/aromatic N) is 1. The van der Waals surface area contributed by atoms with Crippen LogP contribution in [0.3, 0.4) is 0 Å². The van der Waals surface area contributed by atoms with Crippen molar-refractivity contribution in [1.29, 1.82) is 0 Å². The largest absolute Gasteiger partial charge is 0.381 e. The first kappa shape index (κ1) is 21.6. The van der Waals surface area contributed by atoms with E-state index in [-0.39, 0.29) is 6.04 Å². The minimum Gasteiger partial charge on any atom is -0.381 e. The molecule has 1 unspecified atom stereocenters. The van der Waals surface area contributed by atoms with E-state index in [0.717, 1.165) is 42.6 Å². The van der Waals surface area contributed by atoms with Gasteiger partial charge in [-0.15, -0.1) is 0 Å². The van der Waals surface area contributed by atoms with Gasteiger partial charge >= 0.3 is 0 Å². The Morgan fingerprint density at radius 2 is 1.76 bits per heavy atom. The lowest BCUT2D eigenvalue weighted by Crippen LogP contribution is -2.38. The zero-order valence-corrected chi connectivity index (χ0v) is 17.9. The summed E-state index contributed by atoms with van der Waals surface area (Å²) in [6.45, 7) is 5.07. The van der Waals surface area contributed by atoms with E-state index in [9.17, 15) is 0 Å². The van der Waals surface area contributed by atoms with Gasteiger partial charge in [-0.05, 0) is 48.6 Å². The number of guanidine groups is 1. The maximum absolute atomic E-state index is 5.98. The zero-order chi connectivity index (χ0) is 20.5. The van der Waals surface area contributed by atoms with Gasteiger partial charge in [0.05, 0.1) is 18.8 Å². The molecule has 1 heterocycles. The molecule has 29 heavy (non-hydrogen) atoms. The third-order valence-corrected chi connectivity index (χ3v) is 5.34. The lowest BCUT2D eigenvalue weighted by molar-refractivity contribution is -0.0390. The molecule has 0 spiro atoms. The number of halogens is 1. The van der Waals surface area contributed by atoms with Gasteiger partial charge in [-0.2, -0.15) is 0 Å². The standard InChI is InChI=1S/C23H30ClN3O2/c1-17(20-7-9-21(24)10-8-20)27-23(25-2)26-15-18-3-5-19(6-4-18)16-29-22-11-13-28-14-12-22/h3-10,17,22H,11-16H2,1-2H3,(H2,25,26,27). The van der Waals surface area contributed by atoms with Crippen LogP contribution in [0.5, 0.6) is 0 Å². The number of benzene rings is 2. The summed E-state index contributed by atoms with van der Waals surface area (Å²) in [7, 11) is 1.78. The molecule has 6 heteroatoms. The van der Waals surface area contributed by atoms with Crippen LogP contribution in [0.15, 0.2) is 53.5 Å². The van der Waals surface area contributed by atoms with E-state index in [1.807, 2.05) is 24.3 Å². The van der Waals surface area contributed by atoms with Crippen LogP contribution >= 0.6 is 11.6 Å². The van der Waals surface area contributed by atoms with Crippen LogP contribution in [0.1, 0.15) is 42.5 Å². The van der Waals surface area contributed by atoms with E-state index in [4.69, 9.17) is 21.1 Å². The van der Waals surface area contributed by atoms with Gasteiger partial charge in [0.1, 0.15) is 0 Å². The van der Waals surface area contributed by atoms with Gasteiger partial charge in [-0.1, -0.05) is 48.0 Å². The van der Waals surface area contributed by atoms with Crippen molar-refractivity contribution in [3.8, 4) is 0 Å². The molecule has 5 nitrogen and oxygen atoms in total. The molecule has 2 N–H and O–H groups in total. The van der Waals surface area contributed by atoms with Crippen molar-refractivity contribution in [2.75, 3.05) is 20.3 Å². The maximum Gasteiger partial charge on any atom is 0.191 e. The second-order valence-electron chi connectivity index (χ2n) is 7.28. The highest BCUT2D eigenvalue weighted by Crippen LogP contribution is 2.16. The number of ether oxygens (including phenoxy) is 2. The molecule has 1 fully saturated rings. The predicted octanol–water partition coefficient (Wildman–Crippen LogP) is 4.46. The SMILES string of the molecule is CN=C(NCc1ccc(COC2CCOCC2)cc1)NC(C)c1ccc(Cl)cc1. The Balaban J connectivity index is 1.44. The molecule has 0 bridgehead atoms. The fourth-order valence-electron chi connectivity index (χ4n) is 3.23. The van der Waals surface area contributed by atoms with Gasteiger partial charge in [0, 0.05) is 31.8 Å². The summed E-state index contributed by atoms with van der Waals surface area (Å²) in [6, 6.07) is 16.5. The summed E-state index contributed by atoms with van der Waals surface area (Å²) in [5.41, 5.74) is 3.55. The monoisotopic (exact) mass is 415 g/mol. The van der Waals surface area contributed by atoms with Crippen molar-refractivity contribution < 1.29 is 9.47 Å². The summed E-state index contributed by atoms with van der Waals surface area (Å²) in [4.78, 5) is 4.32. The van der Waals surface area contributed by atoms with E-state index in [2.05, 4.69) is 46.8 Å². The summed E-state index contributed by atoms with van der Waals surface area (Å²) in [5.74, 6) is 0.763. The van der Waals surface area contributed by atoms with Crippen molar-refractivity contribution in [1.82, 2.24) is 10.6 Å². The molecule has 3 rings (SSSR count). The van der Waals surface area contributed by atoms with Gasteiger partial charge in [0.15, 0.2) is 5.96 Å². The molecular formula is C23H30ClN3O2. The average molecular weight is 416 g/mol. The third-order valence-electron chi connectivity index (χ3n) is 5.08. The molecule has 156 valence electrons. The topological polar surface area (TPSA) is 54.9 Å². The molecule has 0 aromatic heterocycles. The number of hydrogen-bond donors (Lipinski definition) is 2. The lowest BCUT2D eigenvalue weighted by atomic mass is 10.1. The highest BCUT2D eigenvalue weighted by Gasteiger charge is 2.14. The maximum atomic E-state index is 5.98. The van der Waals surface area contributed by atoms with Crippen LogP contribution in [0.4, 0.5) is 0 Å². The van der Waals surface area contributed by atoms with Crippen LogP contribution in [-0.2, 0) is 22.6 Å². The van der Waals surface area contributed by atoms with E-state index in [1.54, 1.807) is 7.05 Å². The lowest BCUT2D eigenvalue weighted by Gasteiger charge is -2.22. The Hall–Kier alpha value is -2.08. The Bertz CT molecular complexity index is 772. The van der Waals surface area contributed by atoms with E-state index in [0.29, 0.717) is 19.3 Å². The second-order valence-corrected chi connectivity index (χ2v) is 7.72. The minimum absolute atomic E-state index is 0.128. The number of hydrogen-bond acceptors (Lipinski definition) is 3. The fraction of sp³-hybridized carbons (Fsp3) is 0.435. The molecule has 0 radical (unpaired) electrons. The van der Waals surface area contributed by atoms with Gasteiger partial charge in [0.2, 0.25) is 0 Å². The molecule has 2 aromatic carbocycles. The van der Waals surface area contributed by atoms with Crippen molar-refractivity contribution >= 4 is 17.6 Å². The van der Waals surface area contributed by atoms with Crippen molar-refractivity contribution in [2.45, 2.75) is 45.1 Å². The average Bonchev–Trinajstić information content (AvgIpc) is 2.77. The Labute approximate surface area is 178 Å². The first-order chi connectivity index (χ1) is 14.1. The molecule has 1 aliphatic heterocycles.